The van der Waals surface area contributed by atoms with Crippen LogP contribution in [0.4, 0.5) is 31.5 Å². The number of ether oxygens (including phenoxy) is 2. The zero-order valence-corrected chi connectivity index (χ0v) is 26.4. The summed E-state index contributed by atoms with van der Waals surface area (Å²) in [5.41, 5.74) is 1.73. The highest BCUT2D eigenvalue weighted by molar-refractivity contribution is 7.22. The highest BCUT2D eigenvalue weighted by Crippen LogP contribution is 2.46. The Hall–Kier alpha value is -4.18. The summed E-state index contributed by atoms with van der Waals surface area (Å²) in [4.78, 5) is 28.4. The Morgan fingerprint density at radius 3 is 2.75 bits per heavy atom. The van der Waals surface area contributed by atoms with Gasteiger partial charge >= 0.3 is 12.2 Å². The van der Waals surface area contributed by atoms with Crippen LogP contribution in [0.2, 0.25) is 0 Å². The molecule has 16 heteroatoms. The van der Waals surface area contributed by atoms with E-state index in [1.807, 2.05) is 4.90 Å². The van der Waals surface area contributed by atoms with Gasteiger partial charge in [0.1, 0.15) is 30.2 Å². The molecule has 5 heterocycles. The van der Waals surface area contributed by atoms with Gasteiger partial charge in [-0.3, -0.25) is 9.69 Å². The van der Waals surface area contributed by atoms with Gasteiger partial charge < -0.3 is 20.1 Å². The van der Waals surface area contributed by atoms with Crippen LogP contribution in [0.3, 0.4) is 0 Å². The van der Waals surface area contributed by atoms with E-state index < -0.39 is 63.7 Å². The van der Waals surface area contributed by atoms with Gasteiger partial charge in [-0.05, 0) is 50.6 Å². The van der Waals surface area contributed by atoms with Gasteiger partial charge in [0.2, 0.25) is 11.8 Å². The van der Waals surface area contributed by atoms with E-state index in [0.717, 1.165) is 36.0 Å². The quantitative estimate of drug-likeness (QED) is 0.178. The van der Waals surface area contributed by atoms with Crippen molar-refractivity contribution in [1.82, 2.24) is 24.8 Å². The first-order valence-corrected chi connectivity index (χ1v) is 16.2. The lowest BCUT2D eigenvalue weighted by molar-refractivity contribution is -0.137. The van der Waals surface area contributed by atoms with Crippen molar-refractivity contribution in [1.29, 1.82) is 0 Å². The molecule has 2 N–H and O–H groups in total. The molecule has 4 atom stereocenters. The first kappa shape index (κ1) is 32.4. The molecule has 0 radical (unpaired) electrons. The van der Waals surface area contributed by atoms with Crippen molar-refractivity contribution >= 4 is 43.5 Å². The number of anilines is 1. The number of amides is 1. The predicted octanol–water partition coefficient (Wildman–Crippen LogP) is 6.30. The number of carbonyl (C=O) groups is 1. The summed E-state index contributed by atoms with van der Waals surface area (Å²) in [5.74, 6) is -2.89. The van der Waals surface area contributed by atoms with E-state index in [-0.39, 0.29) is 64.8 Å². The van der Waals surface area contributed by atoms with Crippen LogP contribution in [0, 0.1) is 11.6 Å². The van der Waals surface area contributed by atoms with E-state index in [1.54, 1.807) is 6.92 Å². The molecule has 7 rings (SSSR count). The van der Waals surface area contributed by atoms with Gasteiger partial charge in [-0.1, -0.05) is 17.9 Å². The Morgan fingerprint density at radius 1 is 1.21 bits per heavy atom. The largest absolute Gasteiger partial charge is 0.471 e. The Kier molecular flexibility index (Phi) is 7.93. The third-order valence-electron chi connectivity index (χ3n) is 9.60. The number of hydrogen-bond acceptors (Lipinski definition) is 9. The van der Waals surface area contributed by atoms with Gasteiger partial charge in [0.25, 0.3) is 0 Å². The van der Waals surface area contributed by atoms with Gasteiger partial charge in [0.15, 0.2) is 10.9 Å². The van der Waals surface area contributed by atoms with Crippen LogP contribution in [0.15, 0.2) is 30.9 Å². The molecule has 3 aliphatic rings. The topological polar surface area (TPSA) is 107 Å². The Balaban J connectivity index is 1.39. The van der Waals surface area contributed by atoms with Crippen molar-refractivity contribution in [2.75, 3.05) is 32.0 Å². The second-order valence-electron chi connectivity index (χ2n) is 12.4. The molecular weight excluding hydrogens is 662 g/mol. The fourth-order valence-electron chi connectivity index (χ4n) is 7.30. The molecule has 3 fully saturated rings. The number of fused-ring (bicyclic) bond motifs is 3. The second-order valence-corrected chi connectivity index (χ2v) is 13.5. The summed E-state index contributed by atoms with van der Waals surface area (Å²) < 4.78 is 102. The monoisotopic (exact) mass is 692 g/mol. The van der Waals surface area contributed by atoms with Crippen LogP contribution >= 0.6 is 11.3 Å². The summed E-state index contributed by atoms with van der Waals surface area (Å²) in [5, 5.41) is -0.504. The van der Waals surface area contributed by atoms with Crippen molar-refractivity contribution in [3.63, 3.8) is 0 Å². The van der Waals surface area contributed by atoms with E-state index in [9.17, 15) is 26.7 Å². The highest BCUT2D eigenvalue weighted by atomic mass is 32.1. The number of nitrogen functional groups attached to an aromatic ring is 1. The van der Waals surface area contributed by atoms with Crippen LogP contribution in [-0.4, -0.2) is 80.8 Å². The molecular formula is C32H30F6N6O3S. The van der Waals surface area contributed by atoms with E-state index in [0.29, 0.717) is 25.5 Å². The minimum absolute atomic E-state index is 0.0361. The molecule has 0 bridgehead atoms. The average molecular weight is 693 g/mol. The smallest absolute Gasteiger partial charge is 0.417 e. The van der Waals surface area contributed by atoms with Crippen LogP contribution in [0.5, 0.6) is 11.9 Å². The molecule has 0 spiro atoms. The lowest BCUT2D eigenvalue weighted by Gasteiger charge is -2.31. The first-order valence-electron chi connectivity index (χ1n) is 15.4. The van der Waals surface area contributed by atoms with E-state index in [4.69, 9.17) is 15.2 Å². The normalized spacial score (nSPS) is 24.5. The van der Waals surface area contributed by atoms with Crippen LogP contribution in [0.25, 0.3) is 32.2 Å². The molecule has 9 nitrogen and oxygen atoms in total. The molecule has 3 saturated heterocycles. The van der Waals surface area contributed by atoms with E-state index in [2.05, 4.69) is 21.5 Å². The molecule has 254 valence electrons. The van der Waals surface area contributed by atoms with E-state index in [1.165, 1.54) is 4.90 Å². The summed E-state index contributed by atoms with van der Waals surface area (Å²) in [7, 11) is 0. The number of rotatable bonds is 7. The maximum atomic E-state index is 16.8. The molecule has 2 aromatic carbocycles. The lowest BCUT2D eigenvalue weighted by Crippen LogP contribution is -2.43. The number of nitrogens with zero attached hydrogens (tertiary/aromatic N) is 5. The molecule has 4 aromatic rings. The summed E-state index contributed by atoms with van der Waals surface area (Å²) in [6, 6.07) is 1.72. The number of aromatic nitrogens is 3. The maximum absolute atomic E-state index is 16.8. The van der Waals surface area contributed by atoms with Crippen LogP contribution < -0.4 is 15.2 Å². The first-order chi connectivity index (χ1) is 22.8. The number of likely N-dealkylation sites (tertiary alicyclic amines) is 1. The molecule has 4 unspecified atom stereocenters. The molecule has 3 aliphatic heterocycles. The molecule has 48 heavy (non-hydrogen) atoms. The van der Waals surface area contributed by atoms with Crippen molar-refractivity contribution in [3.05, 3.63) is 48.1 Å². The number of hydrogen-bond donors (Lipinski definition) is 1. The molecule has 1 amide bonds. The summed E-state index contributed by atoms with van der Waals surface area (Å²) in [6.07, 6.45) is -3.71. The zero-order chi connectivity index (χ0) is 34.1. The number of alkyl halides is 4. The highest BCUT2D eigenvalue weighted by Gasteiger charge is 2.49. The van der Waals surface area contributed by atoms with Gasteiger partial charge in [-0.15, -0.1) is 0 Å². The zero-order valence-electron chi connectivity index (χ0n) is 25.6. The Bertz CT molecular complexity index is 1960. The minimum Gasteiger partial charge on any atom is -0.471 e. The van der Waals surface area contributed by atoms with E-state index >= 15 is 4.39 Å². The number of benzene rings is 2. The number of nitrogens with two attached hydrogens (primary N) is 1. The summed E-state index contributed by atoms with van der Waals surface area (Å²) in [6.45, 7) is 6.40. The number of thiazole rings is 1. The molecule has 2 aromatic heterocycles. The fourth-order valence-corrected chi connectivity index (χ4v) is 8.07. The van der Waals surface area contributed by atoms with Crippen LogP contribution in [0.1, 0.15) is 38.2 Å². The standard InChI is InChI=1S/C32H30F6N6O3S/c1-3-22(45)44-10-7-21(15(44)2)47-28-18-11-19(32(36,37)38)23(17-5-6-20(34)27-26(17)40-29(39)48-27)24(35)25(18)41-30(42-28)46-14-31-8-4-9-43(31)13-16(33)12-31/h3,5-6,11,15-16,21H,1,4,7-10,12-14H2,2H3,(H2,39,40). The van der Waals surface area contributed by atoms with Gasteiger partial charge in [0, 0.05) is 37.1 Å². The number of carbonyl (C=O) groups excluding carboxylic acids is 1. The fraction of sp³-hybridized carbons (Fsp3) is 0.438. The minimum atomic E-state index is -5.09. The third-order valence-corrected chi connectivity index (χ3v) is 10.5. The third kappa shape index (κ3) is 5.38. The summed E-state index contributed by atoms with van der Waals surface area (Å²) >= 11 is 0.720. The van der Waals surface area contributed by atoms with Crippen molar-refractivity contribution < 1.29 is 40.6 Å². The van der Waals surface area contributed by atoms with Gasteiger partial charge in [0.05, 0.1) is 32.7 Å². The lowest BCUT2D eigenvalue weighted by atomic mass is 9.95. The van der Waals surface area contributed by atoms with Crippen molar-refractivity contribution in [2.24, 2.45) is 0 Å². The Labute approximate surface area is 274 Å². The Morgan fingerprint density at radius 2 is 2.00 bits per heavy atom. The predicted molar refractivity (Wildman–Crippen MR) is 166 cm³/mol. The van der Waals surface area contributed by atoms with Crippen molar-refractivity contribution in [3.8, 4) is 23.0 Å². The van der Waals surface area contributed by atoms with Gasteiger partial charge in [-0.2, -0.15) is 23.1 Å². The SMILES string of the molecule is C=CC(=O)N1CCC(Oc2nc(OCC34CCCN3CC(F)C4)nc3c(F)c(-c4ccc(F)c5sc(N)nc45)c(C(F)(F)F)cc23)C1C. The van der Waals surface area contributed by atoms with Gasteiger partial charge in [-0.25, -0.2) is 18.2 Å². The second kappa shape index (κ2) is 11.8. The molecule has 0 aliphatic carbocycles. The average Bonchev–Trinajstić information content (AvgIpc) is 3.78. The molecule has 0 saturated carbocycles. The maximum Gasteiger partial charge on any atom is 0.417 e. The van der Waals surface area contributed by atoms with Crippen molar-refractivity contribution in [2.45, 2.75) is 62.6 Å². The number of halogens is 6. The van der Waals surface area contributed by atoms with Crippen LogP contribution in [-0.2, 0) is 11.0 Å².